The summed E-state index contributed by atoms with van der Waals surface area (Å²) in [6, 6.07) is 1.75. The Morgan fingerprint density at radius 3 is 3.00 bits per heavy atom. The molecule has 0 bridgehead atoms. The van der Waals surface area contributed by atoms with Gasteiger partial charge in [-0.25, -0.2) is 9.97 Å². The summed E-state index contributed by atoms with van der Waals surface area (Å²) in [5, 5.41) is 9.60. The molecule has 0 radical (unpaired) electrons. The number of hydrogen-bond acceptors (Lipinski definition) is 5. The molecule has 1 aliphatic rings. The molecule has 1 unspecified atom stereocenters. The lowest BCUT2D eigenvalue weighted by molar-refractivity contribution is -0.150. The third kappa shape index (κ3) is 2.84. The molecule has 2 heterocycles. The molecule has 6 heteroatoms. The van der Waals surface area contributed by atoms with E-state index in [9.17, 15) is 9.90 Å². The number of aromatic nitrogens is 2. The predicted molar refractivity (Wildman–Crippen MR) is 75.0 cm³/mol. The van der Waals surface area contributed by atoms with E-state index in [-0.39, 0.29) is 0 Å². The van der Waals surface area contributed by atoms with Crippen molar-refractivity contribution in [3.63, 3.8) is 0 Å². The van der Waals surface area contributed by atoms with Gasteiger partial charge in [0.05, 0.1) is 12.5 Å². The lowest BCUT2D eigenvalue weighted by atomic mass is 9.76. The number of nitrogens with zero attached hydrogens (tertiary/aromatic N) is 3. The molecular formula is C14H21N3O3. The van der Waals surface area contributed by atoms with Gasteiger partial charge in [-0.1, -0.05) is 13.3 Å². The van der Waals surface area contributed by atoms with Crippen molar-refractivity contribution in [2.24, 2.45) is 5.41 Å². The molecule has 1 N–H and O–H groups in total. The number of methoxy groups -OCH3 is 1. The smallest absolute Gasteiger partial charge is 0.311 e. The molecule has 1 aromatic heterocycles. The molecule has 1 aliphatic heterocycles. The number of aliphatic carboxylic acids is 1. The van der Waals surface area contributed by atoms with Crippen LogP contribution < -0.4 is 9.64 Å². The van der Waals surface area contributed by atoms with Crippen molar-refractivity contribution in [1.29, 1.82) is 0 Å². The van der Waals surface area contributed by atoms with E-state index in [1.807, 2.05) is 11.8 Å². The highest BCUT2D eigenvalue weighted by Gasteiger charge is 2.41. The zero-order valence-corrected chi connectivity index (χ0v) is 12.0. The van der Waals surface area contributed by atoms with E-state index >= 15 is 0 Å². The van der Waals surface area contributed by atoms with Crippen molar-refractivity contribution in [1.82, 2.24) is 9.97 Å². The molecule has 0 aromatic carbocycles. The van der Waals surface area contributed by atoms with Crippen molar-refractivity contribution in [3.05, 3.63) is 12.4 Å². The van der Waals surface area contributed by atoms with Crippen molar-refractivity contribution in [2.75, 3.05) is 25.1 Å². The first-order chi connectivity index (χ1) is 9.61. The van der Waals surface area contributed by atoms with E-state index in [4.69, 9.17) is 4.74 Å². The summed E-state index contributed by atoms with van der Waals surface area (Å²) < 4.78 is 5.10. The lowest BCUT2D eigenvalue weighted by Crippen LogP contribution is -2.48. The van der Waals surface area contributed by atoms with Gasteiger partial charge in [0.2, 0.25) is 5.88 Å². The molecule has 0 saturated carbocycles. The van der Waals surface area contributed by atoms with E-state index in [1.165, 1.54) is 6.33 Å². The number of ether oxygens (including phenoxy) is 1. The molecule has 0 spiro atoms. The summed E-state index contributed by atoms with van der Waals surface area (Å²) in [6.45, 7) is 3.34. The van der Waals surface area contributed by atoms with Crippen LogP contribution in [-0.2, 0) is 4.79 Å². The SMILES string of the molecule is CCCC1(C(=O)O)CCCN(c2cc(OC)ncn2)C1. The fourth-order valence-corrected chi connectivity index (χ4v) is 2.91. The topological polar surface area (TPSA) is 75.5 Å². The first kappa shape index (κ1) is 14.6. The Morgan fingerprint density at radius 1 is 1.55 bits per heavy atom. The molecule has 2 rings (SSSR count). The Kier molecular flexibility index (Phi) is 4.42. The van der Waals surface area contributed by atoms with E-state index in [1.54, 1.807) is 13.2 Å². The molecule has 0 aliphatic carbocycles. The van der Waals surface area contributed by atoms with Gasteiger partial charge in [0.1, 0.15) is 12.1 Å². The quantitative estimate of drug-likeness (QED) is 0.888. The van der Waals surface area contributed by atoms with Crippen LogP contribution in [0.25, 0.3) is 0 Å². The number of rotatable bonds is 5. The van der Waals surface area contributed by atoms with Crippen LogP contribution in [0.1, 0.15) is 32.6 Å². The second kappa shape index (κ2) is 6.07. The van der Waals surface area contributed by atoms with Crippen LogP contribution in [0.4, 0.5) is 5.82 Å². The van der Waals surface area contributed by atoms with Gasteiger partial charge in [-0.15, -0.1) is 0 Å². The number of carboxylic acid groups (broad SMARTS) is 1. The standard InChI is InChI=1S/C14H21N3O3/c1-3-5-14(13(18)19)6-4-7-17(9-14)11-8-12(20-2)16-10-15-11/h8,10H,3-7,9H2,1-2H3,(H,18,19). The van der Waals surface area contributed by atoms with E-state index in [2.05, 4.69) is 9.97 Å². The Labute approximate surface area is 118 Å². The fraction of sp³-hybridized carbons (Fsp3) is 0.643. The van der Waals surface area contributed by atoms with Gasteiger partial charge in [0, 0.05) is 19.2 Å². The van der Waals surface area contributed by atoms with Crippen LogP contribution in [0.5, 0.6) is 5.88 Å². The largest absolute Gasteiger partial charge is 0.481 e. The second-order valence-corrected chi connectivity index (χ2v) is 5.28. The molecule has 1 saturated heterocycles. The zero-order valence-electron chi connectivity index (χ0n) is 12.0. The van der Waals surface area contributed by atoms with E-state index in [0.717, 1.165) is 31.6 Å². The summed E-state index contributed by atoms with van der Waals surface area (Å²) in [5.41, 5.74) is -0.662. The number of piperidine rings is 1. The maximum atomic E-state index is 11.7. The normalized spacial score (nSPS) is 22.6. The van der Waals surface area contributed by atoms with Crippen molar-refractivity contribution in [3.8, 4) is 5.88 Å². The van der Waals surface area contributed by atoms with Gasteiger partial charge in [-0.2, -0.15) is 0 Å². The Bertz CT molecular complexity index is 476. The molecule has 1 atom stereocenters. The summed E-state index contributed by atoms with van der Waals surface area (Å²) >= 11 is 0. The van der Waals surface area contributed by atoms with Crippen LogP contribution in [0.2, 0.25) is 0 Å². The van der Waals surface area contributed by atoms with Gasteiger partial charge < -0.3 is 14.7 Å². The van der Waals surface area contributed by atoms with E-state index in [0.29, 0.717) is 18.8 Å². The summed E-state index contributed by atoms with van der Waals surface area (Å²) in [5.74, 6) is 0.528. The number of hydrogen-bond donors (Lipinski definition) is 1. The third-order valence-electron chi connectivity index (χ3n) is 3.92. The maximum absolute atomic E-state index is 11.7. The van der Waals surface area contributed by atoms with Gasteiger partial charge in [0.15, 0.2) is 0 Å². The highest BCUT2D eigenvalue weighted by atomic mass is 16.5. The molecule has 20 heavy (non-hydrogen) atoms. The van der Waals surface area contributed by atoms with Crippen LogP contribution in [0.3, 0.4) is 0 Å². The summed E-state index contributed by atoms with van der Waals surface area (Å²) in [7, 11) is 1.56. The molecule has 0 amide bonds. The first-order valence-corrected chi connectivity index (χ1v) is 6.95. The average molecular weight is 279 g/mol. The van der Waals surface area contributed by atoms with Crippen LogP contribution >= 0.6 is 0 Å². The number of carbonyl (C=O) groups is 1. The van der Waals surface area contributed by atoms with Gasteiger partial charge in [0.25, 0.3) is 0 Å². The summed E-state index contributed by atoms with van der Waals surface area (Å²) in [4.78, 5) is 21.9. The van der Waals surface area contributed by atoms with Gasteiger partial charge >= 0.3 is 5.97 Å². The van der Waals surface area contributed by atoms with Crippen LogP contribution in [0, 0.1) is 5.41 Å². The summed E-state index contributed by atoms with van der Waals surface area (Å²) in [6.07, 6.45) is 4.60. The maximum Gasteiger partial charge on any atom is 0.311 e. The number of anilines is 1. The van der Waals surface area contributed by atoms with Crippen LogP contribution in [0.15, 0.2) is 12.4 Å². The van der Waals surface area contributed by atoms with Crippen molar-refractivity contribution in [2.45, 2.75) is 32.6 Å². The fourth-order valence-electron chi connectivity index (χ4n) is 2.91. The van der Waals surface area contributed by atoms with Crippen LogP contribution in [-0.4, -0.2) is 41.2 Å². The molecule has 6 nitrogen and oxygen atoms in total. The van der Waals surface area contributed by atoms with Gasteiger partial charge in [-0.3, -0.25) is 4.79 Å². The van der Waals surface area contributed by atoms with Gasteiger partial charge in [-0.05, 0) is 19.3 Å². The Hall–Kier alpha value is -1.85. The highest BCUT2D eigenvalue weighted by molar-refractivity contribution is 5.76. The van der Waals surface area contributed by atoms with Crippen molar-refractivity contribution >= 4 is 11.8 Å². The predicted octanol–water partition coefficient (Wildman–Crippen LogP) is 1.96. The number of carboxylic acids is 1. The third-order valence-corrected chi connectivity index (χ3v) is 3.92. The Balaban J connectivity index is 2.22. The molecule has 1 aromatic rings. The van der Waals surface area contributed by atoms with E-state index < -0.39 is 11.4 Å². The Morgan fingerprint density at radius 2 is 2.35 bits per heavy atom. The molecule has 1 fully saturated rings. The lowest BCUT2D eigenvalue weighted by Gasteiger charge is -2.40. The monoisotopic (exact) mass is 279 g/mol. The highest BCUT2D eigenvalue weighted by Crippen LogP contribution is 2.36. The zero-order chi connectivity index (χ0) is 14.6. The first-order valence-electron chi connectivity index (χ1n) is 6.95. The molecule has 110 valence electrons. The minimum absolute atomic E-state index is 0.496. The minimum atomic E-state index is -0.704. The minimum Gasteiger partial charge on any atom is -0.481 e. The average Bonchev–Trinajstić information content (AvgIpc) is 2.48. The second-order valence-electron chi connectivity index (χ2n) is 5.28. The molecular weight excluding hydrogens is 258 g/mol. The van der Waals surface area contributed by atoms with Crippen molar-refractivity contribution < 1.29 is 14.6 Å².